The van der Waals surface area contributed by atoms with Crippen molar-refractivity contribution in [3.8, 4) is 11.6 Å². The second-order valence-corrected chi connectivity index (χ2v) is 17.1. The molecule has 0 saturated carbocycles. The molecule has 0 saturated heterocycles. The molecule has 70 valence electrons. The molecule has 0 spiro atoms. The van der Waals surface area contributed by atoms with E-state index in [1.54, 1.807) is 0 Å². The predicted molar refractivity (Wildman–Crippen MR) is 66.9 cm³/mol. The summed E-state index contributed by atoms with van der Waals surface area (Å²) in [7, 11) is 0. The Bertz CT molecular complexity index is 339. The second kappa shape index (κ2) is 3.45. The Morgan fingerprint density at radius 1 is 1.08 bits per heavy atom. The van der Waals surface area contributed by atoms with Gasteiger partial charge in [0.05, 0.1) is 0 Å². The number of hydrogen-bond acceptors (Lipinski definition) is 0. The van der Waals surface area contributed by atoms with Crippen molar-refractivity contribution < 1.29 is 0 Å². The fourth-order valence-electron chi connectivity index (χ4n) is 0.775. The molecule has 0 nitrogen and oxygen atoms in total. The molecule has 2 heteroatoms. The standard InChI is InChI=1S/C11H14BrP/c1-13(2,3,12)10-9-11-7-5-4-6-8-11/h4-8H,1-3H3. The first-order chi connectivity index (χ1) is 5.83. The van der Waals surface area contributed by atoms with Gasteiger partial charge in [-0.3, -0.25) is 0 Å². The van der Waals surface area contributed by atoms with E-state index in [9.17, 15) is 0 Å². The van der Waals surface area contributed by atoms with Gasteiger partial charge in [0.15, 0.2) is 0 Å². The fourth-order valence-corrected chi connectivity index (χ4v) is 1.55. The molecule has 0 fully saturated rings. The summed E-state index contributed by atoms with van der Waals surface area (Å²) < 4.78 is 0. The van der Waals surface area contributed by atoms with E-state index in [1.807, 2.05) is 30.3 Å². The van der Waals surface area contributed by atoms with Crippen LogP contribution in [-0.4, -0.2) is 20.0 Å². The summed E-state index contributed by atoms with van der Waals surface area (Å²) in [6, 6.07) is 10.1. The van der Waals surface area contributed by atoms with E-state index < -0.39 is 5.31 Å². The zero-order chi connectivity index (χ0) is 9.97. The third-order valence-electron chi connectivity index (χ3n) is 1.35. The van der Waals surface area contributed by atoms with Gasteiger partial charge in [-0.15, -0.1) is 0 Å². The summed E-state index contributed by atoms with van der Waals surface area (Å²) in [5, 5.41) is -1.84. The van der Waals surface area contributed by atoms with Crippen molar-refractivity contribution in [2.24, 2.45) is 0 Å². The van der Waals surface area contributed by atoms with Crippen LogP contribution in [0.15, 0.2) is 30.3 Å². The third kappa shape index (κ3) is 5.09. The third-order valence-corrected chi connectivity index (χ3v) is 2.75. The molecule has 1 rings (SSSR count). The van der Waals surface area contributed by atoms with Crippen LogP contribution in [0.1, 0.15) is 5.56 Å². The first kappa shape index (κ1) is 10.8. The maximum atomic E-state index is 3.70. The normalized spacial score (nSPS) is 13.7. The van der Waals surface area contributed by atoms with Crippen LogP contribution < -0.4 is 0 Å². The quantitative estimate of drug-likeness (QED) is 0.490. The van der Waals surface area contributed by atoms with Crippen LogP contribution in [0.2, 0.25) is 0 Å². The molecule has 0 unspecified atom stereocenters. The summed E-state index contributed by atoms with van der Waals surface area (Å²) in [6.45, 7) is 6.55. The van der Waals surface area contributed by atoms with Crippen LogP contribution in [-0.2, 0) is 0 Å². The van der Waals surface area contributed by atoms with Crippen molar-refractivity contribution in [2.75, 3.05) is 20.0 Å². The zero-order valence-electron chi connectivity index (χ0n) is 8.21. The molecule has 0 heterocycles. The van der Waals surface area contributed by atoms with E-state index in [2.05, 4.69) is 47.1 Å². The van der Waals surface area contributed by atoms with Gasteiger partial charge in [-0.05, 0) is 0 Å². The Morgan fingerprint density at radius 2 is 1.62 bits per heavy atom. The number of benzene rings is 1. The van der Waals surface area contributed by atoms with Crippen LogP contribution in [0.5, 0.6) is 0 Å². The average molecular weight is 257 g/mol. The van der Waals surface area contributed by atoms with Crippen molar-refractivity contribution >= 4 is 20.8 Å². The topological polar surface area (TPSA) is 0 Å². The van der Waals surface area contributed by atoms with Crippen LogP contribution in [0.3, 0.4) is 0 Å². The summed E-state index contributed by atoms with van der Waals surface area (Å²) in [6.07, 6.45) is 0. The molecule has 13 heavy (non-hydrogen) atoms. The molecular formula is C11H14BrP. The van der Waals surface area contributed by atoms with Crippen LogP contribution in [0, 0.1) is 11.6 Å². The van der Waals surface area contributed by atoms with Gasteiger partial charge >= 0.3 is 88.3 Å². The van der Waals surface area contributed by atoms with E-state index in [-0.39, 0.29) is 0 Å². The van der Waals surface area contributed by atoms with E-state index in [0.717, 1.165) is 5.56 Å². The van der Waals surface area contributed by atoms with E-state index >= 15 is 0 Å². The summed E-state index contributed by atoms with van der Waals surface area (Å²) >= 11 is 3.70. The molecule has 0 aliphatic carbocycles. The van der Waals surface area contributed by atoms with Crippen molar-refractivity contribution in [2.45, 2.75) is 0 Å². The van der Waals surface area contributed by atoms with Crippen LogP contribution >= 0.6 is 20.8 Å². The Labute approximate surface area is 88.4 Å². The van der Waals surface area contributed by atoms with Gasteiger partial charge < -0.3 is 0 Å². The molecule has 0 amide bonds. The Morgan fingerprint density at radius 3 is 2.08 bits per heavy atom. The molecule has 0 radical (unpaired) electrons. The summed E-state index contributed by atoms with van der Waals surface area (Å²) in [4.78, 5) is 0. The van der Waals surface area contributed by atoms with Crippen molar-refractivity contribution in [3.63, 3.8) is 0 Å². The summed E-state index contributed by atoms with van der Waals surface area (Å²) in [5.41, 5.74) is 4.40. The van der Waals surface area contributed by atoms with E-state index in [1.165, 1.54) is 0 Å². The van der Waals surface area contributed by atoms with Gasteiger partial charge in [0.25, 0.3) is 0 Å². The monoisotopic (exact) mass is 256 g/mol. The first-order valence-electron chi connectivity index (χ1n) is 4.14. The van der Waals surface area contributed by atoms with Gasteiger partial charge in [0.1, 0.15) is 0 Å². The Hall–Kier alpha value is -0.310. The Kier molecular flexibility index (Phi) is 2.85. The van der Waals surface area contributed by atoms with Gasteiger partial charge in [-0.2, -0.15) is 0 Å². The first-order valence-corrected chi connectivity index (χ1v) is 9.74. The molecule has 0 atom stereocenters. The fraction of sp³-hybridized carbons (Fsp3) is 0.273. The van der Waals surface area contributed by atoms with E-state index in [0.29, 0.717) is 0 Å². The van der Waals surface area contributed by atoms with Crippen molar-refractivity contribution in [1.29, 1.82) is 0 Å². The van der Waals surface area contributed by atoms with Gasteiger partial charge in [0, 0.05) is 0 Å². The molecular weight excluding hydrogens is 243 g/mol. The molecule has 0 aliphatic rings. The van der Waals surface area contributed by atoms with Crippen molar-refractivity contribution in [3.05, 3.63) is 35.9 Å². The van der Waals surface area contributed by atoms with Gasteiger partial charge in [-0.1, -0.05) is 0 Å². The minimum atomic E-state index is -1.84. The predicted octanol–water partition coefficient (Wildman–Crippen LogP) is 3.75. The van der Waals surface area contributed by atoms with Gasteiger partial charge in [0.2, 0.25) is 0 Å². The summed E-state index contributed by atoms with van der Waals surface area (Å²) in [5.74, 6) is 3.19. The van der Waals surface area contributed by atoms with Crippen LogP contribution in [0.4, 0.5) is 0 Å². The minimum absolute atomic E-state index is 1.08. The second-order valence-electron chi connectivity index (χ2n) is 4.21. The number of rotatable bonds is 0. The molecule has 0 N–H and O–H groups in total. The Balaban J connectivity index is 2.93. The van der Waals surface area contributed by atoms with Crippen molar-refractivity contribution in [1.82, 2.24) is 0 Å². The van der Waals surface area contributed by atoms with Crippen LogP contribution in [0.25, 0.3) is 0 Å². The zero-order valence-corrected chi connectivity index (χ0v) is 10.7. The molecule has 0 aliphatic heterocycles. The molecule has 1 aromatic rings. The molecule has 0 bridgehead atoms. The van der Waals surface area contributed by atoms with Gasteiger partial charge in [-0.25, -0.2) is 0 Å². The molecule has 0 aromatic heterocycles. The SMILES string of the molecule is CP(C)(C)(Br)C#Cc1ccccc1. The number of hydrogen-bond donors (Lipinski definition) is 0. The van der Waals surface area contributed by atoms with E-state index in [4.69, 9.17) is 0 Å². The number of halogens is 1. The maximum absolute atomic E-state index is 3.70. The average Bonchev–Trinajstić information content (AvgIpc) is 2.01. The molecule has 1 aromatic carbocycles.